The molecule has 3 aromatic heterocycles. The molecule has 0 atom stereocenters. The van der Waals surface area contributed by atoms with Crippen LogP contribution in [0.3, 0.4) is 0 Å². The van der Waals surface area contributed by atoms with E-state index in [1.54, 1.807) is 22.7 Å². The maximum Gasteiger partial charge on any atom is 0.151 e. The van der Waals surface area contributed by atoms with Gasteiger partial charge >= 0.3 is 0 Å². The van der Waals surface area contributed by atoms with Crippen molar-refractivity contribution in [2.45, 2.75) is 13.5 Å². The van der Waals surface area contributed by atoms with E-state index in [9.17, 15) is 0 Å². The van der Waals surface area contributed by atoms with E-state index >= 15 is 0 Å². The van der Waals surface area contributed by atoms with Crippen molar-refractivity contribution in [2.75, 3.05) is 0 Å². The number of nitrogens with zero attached hydrogens (tertiary/aromatic N) is 3. The fourth-order valence-corrected chi connectivity index (χ4v) is 4.69. The van der Waals surface area contributed by atoms with Gasteiger partial charge in [-0.05, 0) is 42.6 Å². The lowest BCUT2D eigenvalue weighted by Crippen LogP contribution is -1.96. The Bertz CT molecular complexity index is 969. The summed E-state index contributed by atoms with van der Waals surface area (Å²) in [5, 5.41) is 11.2. The summed E-state index contributed by atoms with van der Waals surface area (Å²) >= 11 is 3.53. The van der Waals surface area contributed by atoms with E-state index in [0.717, 1.165) is 23.4 Å². The van der Waals surface area contributed by atoms with Gasteiger partial charge in [-0.25, -0.2) is 4.98 Å². The van der Waals surface area contributed by atoms with Gasteiger partial charge in [0.05, 0.1) is 27.5 Å². The van der Waals surface area contributed by atoms with Gasteiger partial charge in [0.25, 0.3) is 0 Å². The largest absolute Gasteiger partial charge is 0.324 e. The fraction of sp³-hybridized carbons (Fsp3) is 0.125. The molecule has 102 valence electrons. The Morgan fingerprint density at radius 2 is 2.14 bits per heavy atom. The lowest BCUT2D eigenvalue weighted by molar-refractivity contribution is 0.798. The molecular weight excluding hydrogens is 298 g/mol. The lowest BCUT2D eigenvalue weighted by Gasteiger charge is -2.03. The van der Waals surface area contributed by atoms with Crippen LogP contribution in [0.2, 0.25) is 0 Å². The summed E-state index contributed by atoms with van der Waals surface area (Å²) in [6, 6.07) is 12.2. The van der Waals surface area contributed by atoms with Crippen LogP contribution in [0.1, 0.15) is 12.5 Å². The van der Waals surface area contributed by atoms with Crippen molar-refractivity contribution in [1.29, 1.82) is 5.26 Å². The molecule has 0 amide bonds. The first-order valence-electron chi connectivity index (χ1n) is 6.68. The van der Waals surface area contributed by atoms with E-state index in [1.165, 1.54) is 14.3 Å². The first kappa shape index (κ1) is 12.6. The van der Waals surface area contributed by atoms with Crippen LogP contribution in [0.4, 0.5) is 0 Å². The van der Waals surface area contributed by atoms with Gasteiger partial charge in [0.15, 0.2) is 5.82 Å². The number of fused-ring (bicyclic) bond motifs is 2. The van der Waals surface area contributed by atoms with Gasteiger partial charge in [0.2, 0.25) is 0 Å². The summed E-state index contributed by atoms with van der Waals surface area (Å²) < 4.78 is 4.83. The molecule has 4 aromatic rings. The van der Waals surface area contributed by atoms with Gasteiger partial charge in [0, 0.05) is 15.9 Å². The zero-order valence-electron chi connectivity index (χ0n) is 11.3. The maximum atomic E-state index is 9.03. The Balaban J connectivity index is 1.99. The minimum absolute atomic E-state index is 0.655. The summed E-state index contributed by atoms with van der Waals surface area (Å²) in [7, 11) is 0. The van der Waals surface area contributed by atoms with Crippen LogP contribution in [-0.4, -0.2) is 9.55 Å². The summed E-state index contributed by atoms with van der Waals surface area (Å²) in [5.74, 6) is 0.996. The molecule has 4 rings (SSSR count). The molecule has 0 unspecified atom stereocenters. The van der Waals surface area contributed by atoms with Crippen LogP contribution < -0.4 is 0 Å². The van der Waals surface area contributed by atoms with Crippen molar-refractivity contribution in [3.63, 3.8) is 0 Å². The van der Waals surface area contributed by atoms with E-state index in [2.05, 4.69) is 35.1 Å². The summed E-state index contributed by atoms with van der Waals surface area (Å²) in [6.07, 6.45) is 0. The molecule has 3 heterocycles. The summed E-state index contributed by atoms with van der Waals surface area (Å²) in [5.41, 5.74) is 2.63. The molecule has 0 aliphatic heterocycles. The molecule has 5 heteroatoms. The van der Waals surface area contributed by atoms with E-state index in [0.29, 0.717) is 5.56 Å². The Morgan fingerprint density at radius 3 is 2.90 bits per heavy atom. The number of hydrogen-bond acceptors (Lipinski definition) is 4. The monoisotopic (exact) mass is 309 g/mol. The van der Waals surface area contributed by atoms with Crippen molar-refractivity contribution in [1.82, 2.24) is 9.55 Å². The van der Waals surface area contributed by atoms with E-state index in [4.69, 9.17) is 10.2 Å². The minimum atomic E-state index is 0.655. The van der Waals surface area contributed by atoms with Crippen LogP contribution in [0.5, 0.6) is 0 Å². The highest BCUT2D eigenvalue weighted by Gasteiger charge is 2.14. The molecule has 0 aliphatic carbocycles. The number of aryl methyl sites for hydroxylation is 1. The van der Waals surface area contributed by atoms with E-state index < -0.39 is 0 Å². The molecule has 21 heavy (non-hydrogen) atoms. The lowest BCUT2D eigenvalue weighted by atomic mass is 10.2. The maximum absolute atomic E-state index is 9.03. The molecule has 0 radical (unpaired) electrons. The highest BCUT2D eigenvalue weighted by molar-refractivity contribution is 7.28. The Kier molecular flexibility index (Phi) is 2.81. The number of benzene rings is 1. The minimum Gasteiger partial charge on any atom is -0.324 e. The van der Waals surface area contributed by atoms with Crippen LogP contribution in [0.25, 0.3) is 31.1 Å². The summed E-state index contributed by atoms with van der Waals surface area (Å²) in [6.45, 7) is 2.99. The third-order valence-corrected chi connectivity index (χ3v) is 5.64. The van der Waals surface area contributed by atoms with Gasteiger partial charge in [-0.3, -0.25) is 0 Å². The topological polar surface area (TPSA) is 41.6 Å². The fourth-order valence-electron chi connectivity index (χ4n) is 2.58. The van der Waals surface area contributed by atoms with Crippen LogP contribution >= 0.6 is 22.7 Å². The first-order chi connectivity index (χ1) is 10.3. The molecule has 0 fully saturated rings. The van der Waals surface area contributed by atoms with Crippen LogP contribution in [0.15, 0.2) is 35.7 Å². The number of aromatic nitrogens is 2. The highest BCUT2D eigenvalue weighted by atomic mass is 32.1. The Morgan fingerprint density at radius 1 is 1.24 bits per heavy atom. The molecule has 0 aliphatic rings. The number of nitriles is 1. The molecule has 1 aromatic carbocycles. The zero-order chi connectivity index (χ0) is 14.4. The van der Waals surface area contributed by atoms with Gasteiger partial charge in [0.1, 0.15) is 0 Å². The van der Waals surface area contributed by atoms with Crippen molar-refractivity contribution in [2.24, 2.45) is 0 Å². The average molecular weight is 309 g/mol. The average Bonchev–Trinajstić information content (AvgIpc) is 3.17. The first-order valence-corrected chi connectivity index (χ1v) is 8.37. The van der Waals surface area contributed by atoms with Gasteiger partial charge in [-0.1, -0.05) is 0 Å². The molecule has 3 nitrogen and oxygen atoms in total. The predicted molar refractivity (Wildman–Crippen MR) is 88.8 cm³/mol. The van der Waals surface area contributed by atoms with E-state index in [1.807, 2.05) is 18.2 Å². The Hall–Kier alpha value is -2.16. The van der Waals surface area contributed by atoms with Crippen LogP contribution in [0, 0.1) is 11.3 Å². The van der Waals surface area contributed by atoms with Gasteiger partial charge in [-0.15, -0.1) is 22.7 Å². The van der Waals surface area contributed by atoms with Crippen molar-refractivity contribution in [3.8, 4) is 16.8 Å². The second-order valence-electron chi connectivity index (χ2n) is 4.75. The number of hydrogen-bond donors (Lipinski definition) is 0. The van der Waals surface area contributed by atoms with Crippen molar-refractivity contribution < 1.29 is 0 Å². The van der Waals surface area contributed by atoms with E-state index in [-0.39, 0.29) is 0 Å². The quantitative estimate of drug-likeness (QED) is 0.530. The third kappa shape index (κ3) is 1.88. The number of thiophene rings is 2. The highest BCUT2D eigenvalue weighted by Crippen LogP contribution is 2.37. The second-order valence-corrected chi connectivity index (χ2v) is 6.79. The normalized spacial score (nSPS) is 11.2. The molecular formula is C16H11N3S2. The Labute approximate surface area is 129 Å². The van der Waals surface area contributed by atoms with Crippen LogP contribution in [-0.2, 0) is 6.54 Å². The zero-order valence-corrected chi connectivity index (χ0v) is 13.0. The SMILES string of the molecule is CCn1c(-c2cc3sccc3s2)nc2cc(C#N)ccc21. The van der Waals surface area contributed by atoms with Gasteiger partial charge < -0.3 is 4.57 Å². The standard InChI is InChI=1S/C16H11N3S2/c1-2-19-12-4-3-10(9-17)7-11(12)18-16(19)15-8-14-13(21-15)5-6-20-14/h3-8H,2H2,1H3. The molecule has 0 spiro atoms. The third-order valence-electron chi connectivity index (χ3n) is 3.55. The van der Waals surface area contributed by atoms with Crippen molar-refractivity contribution >= 4 is 43.1 Å². The molecule has 0 bridgehead atoms. The molecule has 0 saturated heterocycles. The molecule has 0 N–H and O–H groups in total. The smallest absolute Gasteiger partial charge is 0.151 e. The van der Waals surface area contributed by atoms with Gasteiger partial charge in [-0.2, -0.15) is 5.26 Å². The number of imidazole rings is 1. The second kappa shape index (κ2) is 4.69. The number of rotatable bonds is 2. The summed E-state index contributed by atoms with van der Waals surface area (Å²) in [4.78, 5) is 5.95. The molecule has 0 saturated carbocycles. The predicted octanol–water partition coefficient (Wildman–Crippen LogP) is 4.87. The van der Waals surface area contributed by atoms with Crippen molar-refractivity contribution in [3.05, 3.63) is 41.3 Å².